The fourth-order valence-corrected chi connectivity index (χ4v) is 8.50. The van der Waals surface area contributed by atoms with Crippen molar-refractivity contribution >= 4 is 32.8 Å². The van der Waals surface area contributed by atoms with Crippen molar-refractivity contribution in [2.75, 3.05) is 5.75 Å². The number of aliphatic carboxylic acids is 1. The Labute approximate surface area is 294 Å². The molecule has 4 bridgehead atoms. The van der Waals surface area contributed by atoms with Gasteiger partial charge in [-0.2, -0.15) is 9.49 Å². The molecule has 13 heteroatoms. The topological polar surface area (TPSA) is 127 Å². The van der Waals surface area contributed by atoms with E-state index >= 15 is 13.2 Å². The lowest BCUT2D eigenvalue weighted by atomic mass is 9.75. The third-order valence-corrected chi connectivity index (χ3v) is 11.4. The molecule has 3 heterocycles. The Bertz CT molecular complexity index is 2300. The summed E-state index contributed by atoms with van der Waals surface area (Å²) in [7, 11) is -2.26. The van der Waals surface area contributed by atoms with E-state index in [1.54, 1.807) is 14.0 Å². The zero-order valence-electron chi connectivity index (χ0n) is 28.9. The predicted octanol–water partition coefficient (Wildman–Crippen LogP) is 8.34. The number of halogens is 3. The number of H-pyrrole nitrogens is 1. The molecule has 268 valence electrons. The number of nitrogens with zero attached hydrogens (tertiary/aromatic N) is 3. The third kappa shape index (κ3) is 7.17. The van der Waals surface area contributed by atoms with Gasteiger partial charge in [0.2, 0.25) is 5.82 Å². The molecule has 0 saturated carbocycles. The Morgan fingerprint density at radius 1 is 1.08 bits per heavy atom. The predicted molar refractivity (Wildman–Crippen MR) is 189 cm³/mol. The van der Waals surface area contributed by atoms with Crippen molar-refractivity contribution in [1.29, 1.82) is 0 Å². The number of hydrogen-bond acceptors (Lipinski definition) is 6. The van der Waals surface area contributed by atoms with Crippen LogP contribution in [0.5, 0.6) is 11.5 Å². The molecule has 1 aliphatic heterocycles. The number of sulfone groups is 1. The van der Waals surface area contributed by atoms with Gasteiger partial charge in [0.15, 0.2) is 33.1 Å². The Morgan fingerprint density at radius 2 is 1.84 bits per heavy atom. The lowest BCUT2D eigenvalue weighted by Crippen LogP contribution is -2.28. The van der Waals surface area contributed by atoms with Crippen molar-refractivity contribution < 1.29 is 36.2 Å². The van der Waals surface area contributed by atoms with E-state index in [1.165, 1.54) is 35.2 Å². The average Bonchev–Trinajstić information content (AvgIpc) is 3.70. The number of aromatic nitrogens is 4. The summed E-state index contributed by atoms with van der Waals surface area (Å²) < 4.78 is 80.9. The summed E-state index contributed by atoms with van der Waals surface area (Å²) >= 11 is 0. The van der Waals surface area contributed by atoms with E-state index in [-0.39, 0.29) is 39.4 Å². The molecule has 0 amide bonds. The number of aromatic amines is 1. The lowest BCUT2D eigenvalue weighted by Gasteiger charge is -2.30. The smallest absolute Gasteiger partial charge is 0.306 e. The van der Waals surface area contributed by atoms with Crippen LogP contribution in [-0.2, 0) is 33.5 Å². The van der Waals surface area contributed by atoms with E-state index in [0.29, 0.717) is 31.5 Å². The normalized spacial score (nSPS) is 20.1. The van der Waals surface area contributed by atoms with Gasteiger partial charge in [-0.05, 0) is 73.1 Å². The summed E-state index contributed by atoms with van der Waals surface area (Å²) in [5, 5.41) is 15.5. The number of rotatable bonds is 4. The first-order chi connectivity index (χ1) is 24.0. The minimum Gasteiger partial charge on any atom is -0.481 e. The maximum atomic E-state index is 15.7. The average molecular weight is 721 g/mol. The zero-order valence-corrected chi connectivity index (χ0v) is 29.7. The number of carbonyl (C=O) groups is 1. The summed E-state index contributed by atoms with van der Waals surface area (Å²) in [5.74, 6) is -5.04. The van der Waals surface area contributed by atoms with Gasteiger partial charge in [0.1, 0.15) is 11.6 Å². The van der Waals surface area contributed by atoms with Crippen LogP contribution in [0.3, 0.4) is 0 Å². The molecular weight excluding hydrogens is 682 g/mol. The second-order valence-electron chi connectivity index (χ2n) is 14.4. The maximum Gasteiger partial charge on any atom is 0.306 e. The van der Waals surface area contributed by atoms with Crippen LogP contribution in [0.15, 0.2) is 60.1 Å². The van der Waals surface area contributed by atoms with E-state index < -0.39 is 55.8 Å². The molecule has 9 nitrogen and oxygen atoms in total. The SMILES string of the molecule is C[C@H](Cc1cccc([C@@]2(C)CCCC(C)(C)CS(=O)(=O)/C=C\c3c(c(F)c(F)c4[nH]ccc34)Oc3ccc(F)c(c3)-c3nc2nn3C)c1)C(=O)O. The number of nitrogens with one attached hydrogen (secondary N) is 1. The molecular formula is C38H39F3N4O5S. The highest BCUT2D eigenvalue weighted by Gasteiger charge is 2.36. The van der Waals surface area contributed by atoms with E-state index in [4.69, 9.17) is 14.8 Å². The summed E-state index contributed by atoms with van der Waals surface area (Å²) in [6, 6.07) is 12.7. The van der Waals surface area contributed by atoms with Gasteiger partial charge in [-0.25, -0.2) is 26.9 Å². The van der Waals surface area contributed by atoms with Gasteiger partial charge < -0.3 is 14.8 Å². The van der Waals surface area contributed by atoms with Gasteiger partial charge >= 0.3 is 5.97 Å². The van der Waals surface area contributed by atoms with Crippen LogP contribution in [0.25, 0.3) is 28.4 Å². The molecule has 0 spiro atoms. The molecule has 51 heavy (non-hydrogen) atoms. The van der Waals surface area contributed by atoms with Gasteiger partial charge in [-0.3, -0.25) is 4.79 Å². The molecule has 2 N–H and O–H groups in total. The van der Waals surface area contributed by atoms with Crippen molar-refractivity contribution in [3.63, 3.8) is 0 Å². The van der Waals surface area contributed by atoms with Crippen LogP contribution in [0, 0.1) is 28.8 Å². The molecule has 2 aromatic heterocycles. The second kappa shape index (κ2) is 13.3. The Morgan fingerprint density at radius 3 is 2.59 bits per heavy atom. The number of carboxylic acid groups (broad SMARTS) is 1. The van der Waals surface area contributed by atoms with E-state index in [2.05, 4.69) is 4.98 Å². The summed E-state index contributed by atoms with van der Waals surface area (Å²) in [5.41, 5.74) is -0.0924. The molecule has 0 saturated heterocycles. The van der Waals surface area contributed by atoms with Crippen molar-refractivity contribution in [2.24, 2.45) is 18.4 Å². The Balaban J connectivity index is 1.53. The minimum absolute atomic E-state index is 0.00443. The monoisotopic (exact) mass is 720 g/mol. The molecule has 0 aliphatic carbocycles. The van der Waals surface area contributed by atoms with Gasteiger partial charge in [0, 0.05) is 29.6 Å². The largest absolute Gasteiger partial charge is 0.481 e. The molecule has 6 rings (SSSR count). The Hall–Kier alpha value is -4.91. The van der Waals surface area contributed by atoms with E-state index in [9.17, 15) is 18.3 Å². The number of aryl methyl sites for hydroxylation is 1. The highest BCUT2D eigenvalue weighted by Crippen LogP contribution is 2.41. The van der Waals surface area contributed by atoms with Crippen molar-refractivity contribution in [3.05, 3.63) is 100 Å². The first-order valence-corrected chi connectivity index (χ1v) is 18.3. The standard InChI is InChI=1S/C38H39F3N4O5S/c1-22(35(46)47)18-23-8-6-9-24(19-23)38(4)15-7-14-37(2,3)21-51(48,49)17-13-27-26-12-16-42-32(26)30(40)31(41)33(27)50-25-10-11-29(39)28(20-25)34-43-36(38)44-45(34)5/h6,8-13,16-17,19-20,22,42H,7,14-15,18,21H2,1-5H3,(H,46,47)/b17-13-/t22-,38-/m1/s1. The summed E-state index contributed by atoms with van der Waals surface area (Å²) in [6.45, 7) is 7.31. The van der Waals surface area contributed by atoms with Crippen molar-refractivity contribution in [2.45, 2.75) is 58.8 Å². The van der Waals surface area contributed by atoms with Gasteiger partial charge in [-0.15, -0.1) is 0 Å². The van der Waals surface area contributed by atoms with Gasteiger partial charge in [0.05, 0.1) is 28.2 Å². The number of ether oxygens (including phenoxy) is 1. The van der Waals surface area contributed by atoms with E-state index in [1.807, 2.05) is 45.0 Å². The molecule has 0 radical (unpaired) electrons. The number of benzene rings is 3. The molecule has 1 aliphatic rings. The molecule has 5 aromatic rings. The van der Waals surface area contributed by atoms with Crippen LogP contribution in [0.4, 0.5) is 13.2 Å². The Kier molecular flexibility index (Phi) is 9.38. The van der Waals surface area contributed by atoms with Crippen LogP contribution in [-0.4, -0.2) is 45.0 Å². The van der Waals surface area contributed by atoms with Gasteiger partial charge in [0.25, 0.3) is 0 Å². The van der Waals surface area contributed by atoms with Crippen molar-refractivity contribution in [1.82, 2.24) is 19.7 Å². The number of fused-ring (bicyclic) bond motifs is 8. The highest BCUT2D eigenvalue weighted by molar-refractivity contribution is 7.94. The van der Waals surface area contributed by atoms with Crippen molar-refractivity contribution in [3.8, 4) is 22.9 Å². The van der Waals surface area contributed by atoms with Crippen LogP contribution in [0.2, 0.25) is 0 Å². The van der Waals surface area contributed by atoms with Crippen LogP contribution < -0.4 is 4.74 Å². The first kappa shape index (κ1) is 35.9. The van der Waals surface area contributed by atoms with E-state index in [0.717, 1.165) is 22.6 Å². The fraction of sp³-hybridized carbons (Fsp3) is 0.342. The molecule has 3 aromatic carbocycles. The third-order valence-electron chi connectivity index (χ3n) is 9.64. The lowest BCUT2D eigenvalue weighted by molar-refractivity contribution is -0.141. The van der Waals surface area contributed by atoms with Gasteiger partial charge in [-0.1, -0.05) is 51.5 Å². The number of carboxylic acids is 1. The van der Waals surface area contributed by atoms with Crippen LogP contribution in [0.1, 0.15) is 69.5 Å². The minimum atomic E-state index is -3.88. The quantitative estimate of drug-likeness (QED) is 0.191. The zero-order chi connectivity index (χ0) is 36.9. The maximum absolute atomic E-state index is 15.7. The molecule has 2 atom stereocenters. The highest BCUT2D eigenvalue weighted by atomic mass is 32.2. The van der Waals surface area contributed by atoms with Crippen LogP contribution >= 0.6 is 0 Å². The molecule has 0 fully saturated rings. The summed E-state index contributed by atoms with van der Waals surface area (Å²) in [4.78, 5) is 19.1. The molecule has 0 unspecified atom stereocenters. The summed E-state index contributed by atoms with van der Waals surface area (Å²) in [6.07, 6.45) is 4.46. The fourth-order valence-electron chi connectivity index (χ4n) is 6.83. The second-order valence-corrected chi connectivity index (χ2v) is 16.3. The number of hydrogen-bond donors (Lipinski definition) is 2. The first-order valence-electron chi connectivity index (χ1n) is 16.6.